The van der Waals surface area contributed by atoms with Gasteiger partial charge in [0.1, 0.15) is 0 Å². The number of likely N-dealkylation sites (tertiary alicyclic amines) is 1. The molecule has 29 heavy (non-hydrogen) atoms. The number of carbonyl (C=O) groups is 1. The molecule has 1 amide bonds. The van der Waals surface area contributed by atoms with Crippen LogP contribution in [0.4, 0.5) is 5.69 Å². The Labute approximate surface area is 190 Å². The third kappa shape index (κ3) is 8.10. The highest BCUT2D eigenvalue weighted by atomic mass is 127. The summed E-state index contributed by atoms with van der Waals surface area (Å²) in [6.07, 6.45) is 6.00. The molecule has 2 aliphatic heterocycles. The topological polar surface area (TPSA) is 75.2 Å². The lowest BCUT2D eigenvalue weighted by Crippen LogP contribution is -2.48. The smallest absolute Gasteiger partial charge is 0.243 e. The maximum atomic E-state index is 12.1. The lowest BCUT2D eigenvalue weighted by molar-refractivity contribution is -0.115. The standard InChI is InChI=1S/C21H32N4O3.HI/c1-22-21(23-15-20(26)24-17-7-3-2-4-8-17)25-12-10-18(11-13-25)28-16-19-9-5-6-14-27-19;/h2-4,7-8,18-19H,5-6,9-16H2,1H3,(H,22,23)(H,24,26);1H. The van der Waals surface area contributed by atoms with E-state index in [1.807, 2.05) is 30.3 Å². The highest BCUT2D eigenvalue weighted by Crippen LogP contribution is 2.18. The molecule has 1 atom stereocenters. The number of hydrogen-bond donors (Lipinski definition) is 2. The molecule has 162 valence electrons. The average Bonchev–Trinajstić information content (AvgIpc) is 2.75. The van der Waals surface area contributed by atoms with Crippen LogP contribution in [0.3, 0.4) is 0 Å². The molecule has 1 aromatic rings. The zero-order valence-corrected chi connectivity index (χ0v) is 19.5. The second-order valence-corrected chi connectivity index (χ2v) is 7.32. The van der Waals surface area contributed by atoms with Crippen LogP contribution in [0, 0.1) is 0 Å². The van der Waals surface area contributed by atoms with Crippen molar-refractivity contribution in [3.8, 4) is 0 Å². The van der Waals surface area contributed by atoms with Crippen LogP contribution < -0.4 is 10.6 Å². The van der Waals surface area contributed by atoms with Gasteiger partial charge in [0.05, 0.1) is 25.4 Å². The average molecular weight is 516 g/mol. The Bertz CT molecular complexity index is 630. The maximum absolute atomic E-state index is 12.1. The summed E-state index contributed by atoms with van der Waals surface area (Å²) in [6, 6.07) is 9.46. The number of rotatable bonds is 6. The number of amides is 1. The van der Waals surface area contributed by atoms with E-state index in [0.29, 0.717) is 6.61 Å². The first-order valence-corrected chi connectivity index (χ1v) is 10.3. The van der Waals surface area contributed by atoms with Gasteiger partial charge < -0.3 is 25.0 Å². The largest absolute Gasteiger partial charge is 0.376 e. The molecule has 0 aliphatic carbocycles. The van der Waals surface area contributed by atoms with Gasteiger partial charge in [0, 0.05) is 32.4 Å². The highest BCUT2D eigenvalue weighted by molar-refractivity contribution is 14.0. The van der Waals surface area contributed by atoms with Crippen LogP contribution in [-0.2, 0) is 14.3 Å². The van der Waals surface area contributed by atoms with E-state index in [4.69, 9.17) is 9.47 Å². The maximum Gasteiger partial charge on any atom is 0.243 e. The Hall–Kier alpha value is -1.39. The van der Waals surface area contributed by atoms with Crippen LogP contribution in [0.2, 0.25) is 0 Å². The van der Waals surface area contributed by atoms with E-state index in [9.17, 15) is 4.79 Å². The number of carbonyl (C=O) groups excluding carboxylic acids is 1. The Morgan fingerprint density at radius 3 is 2.62 bits per heavy atom. The summed E-state index contributed by atoms with van der Waals surface area (Å²) >= 11 is 0. The molecule has 3 rings (SSSR count). The Morgan fingerprint density at radius 1 is 1.21 bits per heavy atom. The predicted octanol–water partition coefficient (Wildman–Crippen LogP) is 2.87. The van der Waals surface area contributed by atoms with E-state index in [1.54, 1.807) is 7.05 Å². The van der Waals surface area contributed by atoms with Gasteiger partial charge >= 0.3 is 0 Å². The molecule has 0 bridgehead atoms. The first kappa shape index (κ1) is 23.9. The quantitative estimate of drug-likeness (QED) is 0.346. The predicted molar refractivity (Wildman–Crippen MR) is 126 cm³/mol. The molecule has 0 spiro atoms. The Balaban J connectivity index is 0.00000300. The molecule has 2 N–H and O–H groups in total. The van der Waals surface area contributed by atoms with Gasteiger partial charge in [-0.2, -0.15) is 0 Å². The van der Waals surface area contributed by atoms with E-state index < -0.39 is 0 Å². The van der Waals surface area contributed by atoms with Crippen molar-refractivity contribution < 1.29 is 14.3 Å². The molecule has 2 heterocycles. The summed E-state index contributed by atoms with van der Waals surface area (Å²) in [7, 11) is 1.75. The number of nitrogens with one attached hydrogen (secondary N) is 2. The first-order valence-electron chi connectivity index (χ1n) is 10.3. The number of para-hydroxylation sites is 1. The number of hydrogen-bond acceptors (Lipinski definition) is 4. The number of benzene rings is 1. The molecule has 2 saturated heterocycles. The second-order valence-electron chi connectivity index (χ2n) is 7.32. The zero-order valence-electron chi connectivity index (χ0n) is 17.1. The number of nitrogens with zero attached hydrogens (tertiary/aromatic N) is 2. The fraction of sp³-hybridized carbons (Fsp3) is 0.619. The summed E-state index contributed by atoms with van der Waals surface area (Å²) < 4.78 is 11.8. The number of guanidine groups is 1. The summed E-state index contributed by atoms with van der Waals surface area (Å²) in [6.45, 7) is 3.51. The van der Waals surface area contributed by atoms with Crippen molar-refractivity contribution in [3.05, 3.63) is 30.3 Å². The number of halogens is 1. The van der Waals surface area contributed by atoms with Gasteiger partial charge in [0.25, 0.3) is 0 Å². The monoisotopic (exact) mass is 516 g/mol. The molecule has 0 saturated carbocycles. The highest BCUT2D eigenvalue weighted by Gasteiger charge is 2.24. The van der Waals surface area contributed by atoms with E-state index in [-0.39, 0.29) is 48.6 Å². The minimum absolute atomic E-state index is 0. The third-order valence-electron chi connectivity index (χ3n) is 5.21. The van der Waals surface area contributed by atoms with Gasteiger partial charge in [-0.05, 0) is 44.2 Å². The normalized spacial score (nSPS) is 20.7. The van der Waals surface area contributed by atoms with Crippen LogP contribution in [0.25, 0.3) is 0 Å². The molecule has 0 radical (unpaired) electrons. The minimum Gasteiger partial charge on any atom is -0.376 e. The second kappa shape index (κ2) is 13.0. The number of piperidine rings is 1. The molecular weight excluding hydrogens is 483 g/mol. The van der Waals surface area contributed by atoms with Gasteiger partial charge in [0.2, 0.25) is 5.91 Å². The van der Waals surface area contributed by atoms with Crippen molar-refractivity contribution in [2.24, 2.45) is 4.99 Å². The van der Waals surface area contributed by atoms with E-state index in [0.717, 1.165) is 50.6 Å². The fourth-order valence-corrected chi connectivity index (χ4v) is 3.63. The zero-order chi connectivity index (χ0) is 19.6. The number of aliphatic imine (C=N–C) groups is 1. The van der Waals surface area contributed by atoms with Gasteiger partial charge in [0.15, 0.2) is 5.96 Å². The van der Waals surface area contributed by atoms with Crippen molar-refractivity contribution >= 4 is 41.5 Å². The van der Waals surface area contributed by atoms with Gasteiger partial charge in [-0.15, -0.1) is 24.0 Å². The number of ether oxygens (including phenoxy) is 2. The van der Waals surface area contributed by atoms with Gasteiger partial charge in [-0.25, -0.2) is 0 Å². The third-order valence-corrected chi connectivity index (χ3v) is 5.21. The van der Waals surface area contributed by atoms with Crippen LogP contribution >= 0.6 is 24.0 Å². The van der Waals surface area contributed by atoms with Gasteiger partial charge in [-0.3, -0.25) is 9.79 Å². The van der Waals surface area contributed by atoms with Gasteiger partial charge in [-0.1, -0.05) is 18.2 Å². The van der Waals surface area contributed by atoms with Crippen molar-refractivity contribution in [3.63, 3.8) is 0 Å². The molecule has 2 fully saturated rings. The molecule has 1 unspecified atom stereocenters. The molecule has 8 heteroatoms. The molecule has 0 aromatic heterocycles. The van der Waals surface area contributed by atoms with Crippen molar-refractivity contribution in [2.45, 2.75) is 44.3 Å². The minimum atomic E-state index is -0.0851. The number of anilines is 1. The summed E-state index contributed by atoms with van der Waals surface area (Å²) in [4.78, 5) is 18.6. The van der Waals surface area contributed by atoms with E-state index >= 15 is 0 Å². The Kier molecular flexibility index (Phi) is 10.7. The lowest BCUT2D eigenvalue weighted by atomic mass is 10.1. The van der Waals surface area contributed by atoms with E-state index in [1.165, 1.54) is 12.8 Å². The van der Waals surface area contributed by atoms with Crippen molar-refractivity contribution in [2.75, 3.05) is 45.2 Å². The molecule has 2 aliphatic rings. The van der Waals surface area contributed by atoms with Crippen molar-refractivity contribution in [1.29, 1.82) is 0 Å². The summed E-state index contributed by atoms with van der Waals surface area (Å²) in [5, 5.41) is 6.03. The fourth-order valence-electron chi connectivity index (χ4n) is 3.63. The van der Waals surface area contributed by atoms with Crippen LogP contribution in [0.1, 0.15) is 32.1 Å². The first-order chi connectivity index (χ1) is 13.7. The van der Waals surface area contributed by atoms with Crippen molar-refractivity contribution in [1.82, 2.24) is 10.2 Å². The Morgan fingerprint density at radius 2 is 1.97 bits per heavy atom. The molecule has 1 aromatic carbocycles. The SMILES string of the molecule is CN=C(NCC(=O)Nc1ccccc1)N1CCC(OCC2CCCCO2)CC1.I. The lowest BCUT2D eigenvalue weighted by Gasteiger charge is -2.35. The van der Waals surface area contributed by atoms with Crippen LogP contribution in [-0.4, -0.2) is 68.9 Å². The van der Waals surface area contributed by atoms with E-state index in [2.05, 4.69) is 20.5 Å². The molecule has 7 nitrogen and oxygen atoms in total. The van der Waals surface area contributed by atoms with Crippen LogP contribution in [0.5, 0.6) is 0 Å². The summed E-state index contributed by atoms with van der Waals surface area (Å²) in [5.74, 6) is 0.676. The summed E-state index contributed by atoms with van der Waals surface area (Å²) in [5.41, 5.74) is 0.796. The van der Waals surface area contributed by atoms with Crippen LogP contribution in [0.15, 0.2) is 35.3 Å². The molecular formula is C21H33IN4O3.